The first-order valence-electron chi connectivity index (χ1n) is 8.76. The molecule has 2 heterocycles. The maximum absolute atomic E-state index is 12.4. The molecular weight excluding hydrogens is 272 g/mol. The van der Waals surface area contributed by atoms with E-state index in [0.29, 0.717) is 18.4 Å². The minimum Gasteiger partial charge on any atom is -0.339 e. The largest absolute Gasteiger partial charge is 0.339 e. The monoisotopic (exact) mass is 298 g/mol. The molecule has 0 aromatic heterocycles. The molecule has 3 nitrogen and oxygen atoms in total. The predicted molar refractivity (Wildman–Crippen MR) is 87.7 cm³/mol. The minimum atomic E-state index is 0.293. The van der Waals surface area contributed by atoms with E-state index in [0.717, 1.165) is 30.5 Å². The van der Waals surface area contributed by atoms with E-state index in [4.69, 9.17) is 0 Å². The van der Waals surface area contributed by atoms with E-state index in [2.05, 4.69) is 30.0 Å². The van der Waals surface area contributed by atoms with Gasteiger partial charge in [-0.3, -0.25) is 9.69 Å². The molecule has 2 atom stereocenters. The molecule has 1 aromatic carbocycles. The molecule has 3 aliphatic rings. The van der Waals surface area contributed by atoms with Crippen LogP contribution in [0.1, 0.15) is 30.4 Å². The standard InChI is InChI=1S/C19H26N2O/c1-14-4-2-5-15(8-14)9-19(22)21-12-18(13-21)20-10-16-6-3-7-17(16)11-20/h2,4-5,8,16-18H,3,6-7,9-13H2,1H3. The van der Waals surface area contributed by atoms with Crippen LogP contribution in [0.3, 0.4) is 0 Å². The molecule has 0 radical (unpaired) electrons. The maximum atomic E-state index is 12.4. The van der Waals surface area contributed by atoms with Crippen molar-refractivity contribution in [3.05, 3.63) is 35.4 Å². The predicted octanol–water partition coefficient (Wildman–Crippen LogP) is 2.48. The van der Waals surface area contributed by atoms with Crippen molar-refractivity contribution in [2.75, 3.05) is 26.2 Å². The molecule has 2 saturated heterocycles. The van der Waals surface area contributed by atoms with Crippen LogP contribution in [0.4, 0.5) is 0 Å². The highest BCUT2D eigenvalue weighted by atomic mass is 16.2. The summed E-state index contributed by atoms with van der Waals surface area (Å²) >= 11 is 0. The highest BCUT2D eigenvalue weighted by Crippen LogP contribution is 2.39. The molecule has 1 aliphatic carbocycles. The van der Waals surface area contributed by atoms with Crippen LogP contribution in [0.2, 0.25) is 0 Å². The Bertz CT molecular complexity index is 552. The van der Waals surface area contributed by atoms with Gasteiger partial charge >= 0.3 is 0 Å². The van der Waals surface area contributed by atoms with Crippen molar-refractivity contribution < 1.29 is 4.79 Å². The summed E-state index contributed by atoms with van der Waals surface area (Å²) in [7, 11) is 0. The van der Waals surface area contributed by atoms with Gasteiger partial charge in [-0.05, 0) is 37.2 Å². The second-order valence-corrected chi connectivity index (χ2v) is 7.52. The lowest BCUT2D eigenvalue weighted by atomic mass is 10.0. The fourth-order valence-corrected chi connectivity index (χ4v) is 4.57. The molecular formula is C19H26N2O. The highest BCUT2D eigenvalue weighted by molar-refractivity contribution is 5.79. The second-order valence-electron chi connectivity index (χ2n) is 7.52. The number of fused-ring (bicyclic) bond motifs is 1. The molecule has 22 heavy (non-hydrogen) atoms. The van der Waals surface area contributed by atoms with Crippen LogP contribution >= 0.6 is 0 Å². The molecule has 0 N–H and O–H groups in total. The van der Waals surface area contributed by atoms with Crippen LogP contribution in [0.15, 0.2) is 24.3 Å². The zero-order valence-electron chi connectivity index (χ0n) is 13.5. The molecule has 2 aliphatic heterocycles. The normalized spacial score (nSPS) is 28.7. The van der Waals surface area contributed by atoms with E-state index in [-0.39, 0.29) is 0 Å². The van der Waals surface area contributed by atoms with Crippen molar-refractivity contribution in [1.82, 2.24) is 9.80 Å². The summed E-state index contributed by atoms with van der Waals surface area (Å²) in [5.41, 5.74) is 2.37. The van der Waals surface area contributed by atoms with E-state index in [9.17, 15) is 4.79 Å². The first-order chi connectivity index (χ1) is 10.7. The molecule has 4 rings (SSSR count). The van der Waals surface area contributed by atoms with Gasteiger partial charge < -0.3 is 4.90 Å². The van der Waals surface area contributed by atoms with Crippen LogP contribution in [0, 0.1) is 18.8 Å². The fourth-order valence-electron chi connectivity index (χ4n) is 4.57. The van der Waals surface area contributed by atoms with Gasteiger partial charge in [0.25, 0.3) is 0 Å². The van der Waals surface area contributed by atoms with Crippen molar-refractivity contribution in [2.24, 2.45) is 11.8 Å². The van der Waals surface area contributed by atoms with Crippen LogP contribution in [-0.4, -0.2) is 47.9 Å². The van der Waals surface area contributed by atoms with E-state index < -0.39 is 0 Å². The van der Waals surface area contributed by atoms with Gasteiger partial charge in [-0.25, -0.2) is 0 Å². The molecule has 0 spiro atoms. The van der Waals surface area contributed by atoms with Gasteiger partial charge in [0.05, 0.1) is 6.42 Å². The lowest BCUT2D eigenvalue weighted by Gasteiger charge is -2.44. The summed E-state index contributed by atoms with van der Waals surface area (Å²) in [6, 6.07) is 8.94. The average molecular weight is 298 g/mol. The van der Waals surface area contributed by atoms with Crippen LogP contribution < -0.4 is 0 Å². The number of benzene rings is 1. The zero-order chi connectivity index (χ0) is 15.1. The third kappa shape index (κ3) is 2.67. The van der Waals surface area contributed by atoms with Gasteiger partial charge in [0, 0.05) is 32.2 Å². The molecule has 0 bridgehead atoms. The van der Waals surface area contributed by atoms with Crippen molar-refractivity contribution >= 4 is 5.91 Å². The molecule has 2 unspecified atom stereocenters. The minimum absolute atomic E-state index is 0.293. The lowest BCUT2D eigenvalue weighted by molar-refractivity contribution is -0.137. The number of carbonyl (C=O) groups excluding carboxylic acids is 1. The SMILES string of the molecule is Cc1cccc(CC(=O)N2CC(N3CC4CCCC4C3)C2)c1. The van der Waals surface area contributed by atoms with Gasteiger partial charge in [0.15, 0.2) is 0 Å². The Morgan fingerprint density at radius 1 is 1.14 bits per heavy atom. The van der Waals surface area contributed by atoms with Crippen molar-refractivity contribution in [3.63, 3.8) is 0 Å². The summed E-state index contributed by atoms with van der Waals surface area (Å²) < 4.78 is 0. The summed E-state index contributed by atoms with van der Waals surface area (Å²) in [4.78, 5) is 17.1. The van der Waals surface area contributed by atoms with E-state index in [1.54, 1.807) is 0 Å². The van der Waals surface area contributed by atoms with Gasteiger partial charge in [-0.15, -0.1) is 0 Å². The van der Waals surface area contributed by atoms with Gasteiger partial charge in [-0.1, -0.05) is 36.2 Å². The Labute approximate surface area is 133 Å². The molecule has 3 heteroatoms. The van der Waals surface area contributed by atoms with Gasteiger partial charge in [0.1, 0.15) is 0 Å². The van der Waals surface area contributed by atoms with Crippen LogP contribution in [0.5, 0.6) is 0 Å². The number of hydrogen-bond donors (Lipinski definition) is 0. The molecule has 1 amide bonds. The molecule has 118 valence electrons. The maximum Gasteiger partial charge on any atom is 0.227 e. The Morgan fingerprint density at radius 3 is 2.55 bits per heavy atom. The summed E-state index contributed by atoms with van der Waals surface area (Å²) in [5.74, 6) is 2.20. The average Bonchev–Trinajstić information content (AvgIpc) is 2.97. The van der Waals surface area contributed by atoms with Crippen LogP contribution in [0.25, 0.3) is 0 Å². The van der Waals surface area contributed by atoms with Crippen molar-refractivity contribution in [2.45, 2.75) is 38.6 Å². The van der Waals surface area contributed by atoms with Gasteiger partial charge in [-0.2, -0.15) is 0 Å². The molecule has 3 fully saturated rings. The number of hydrogen-bond acceptors (Lipinski definition) is 2. The fraction of sp³-hybridized carbons (Fsp3) is 0.632. The van der Waals surface area contributed by atoms with Crippen molar-refractivity contribution in [1.29, 1.82) is 0 Å². The Kier molecular flexibility index (Phi) is 3.69. The number of carbonyl (C=O) groups is 1. The third-order valence-electron chi connectivity index (χ3n) is 5.92. The van der Waals surface area contributed by atoms with E-state index in [1.807, 2.05) is 11.0 Å². The Morgan fingerprint density at radius 2 is 1.86 bits per heavy atom. The topological polar surface area (TPSA) is 23.6 Å². The summed E-state index contributed by atoms with van der Waals surface area (Å²) in [6.45, 7) is 6.55. The Hall–Kier alpha value is -1.35. The number of likely N-dealkylation sites (tertiary alicyclic amines) is 2. The summed E-state index contributed by atoms with van der Waals surface area (Å²) in [6.07, 6.45) is 4.86. The van der Waals surface area contributed by atoms with E-state index in [1.165, 1.54) is 37.9 Å². The first-order valence-corrected chi connectivity index (χ1v) is 8.76. The quantitative estimate of drug-likeness (QED) is 0.856. The van der Waals surface area contributed by atoms with E-state index >= 15 is 0 Å². The zero-order valence-corrected chi connectivity index (χ0v) is 13.5. The highest BCUT2D eigenvalue weighted by Gasteiger charge is 2.42. The Balaban J connectivity index is 1.27. The third-order valence-corrected chi connectivity index (χ3v) is 5.92. The second kappa shape index (κ2) is 5.69. The molecule has 1 saturated carbocycles. The first kappa shape index (κ1) is 14.3. The van der Waals surface area contributed by atoms with Crippen molar-refractivity contribution in [3.8, 4) is 0 Å². The molecule has 1 aromatic rings. The number of aryl methyl sites for hydroxylation is 1. The van der Waals surface area contributed by atoms with Crippen LogP contribution in [-0.2, 0) is 11.2 Å². The lowest BCUT2D eigenvalue weighted by Crippen LogP contribution is -2.61. The number of nitrogens with zero attached hydrogens (tertiary/aromatic N) is 2. The summed E-state index contributed by atoms with van der Waals surface area (Å²) in [5, 5.41) is 0. The number of rotatable bonds is 3. The smallest absolute Gasteiger partial charge is 0.227 e. The number of amides is 1. The van der Waals surface area contributed by atoms with Gasteiger partial charge in [0.2, 0.25) is 5.91 Å².